The van der Waals surface area contributed by atoms with Crippen LogP contribution in [0.2, 0.25) is 0 Å². The highest BCUT2D eigenvalue weighted by Gasteiger charge is 2.10. The van der Waals surface area contributed by atoms with Gasteiger partial charge in [0.2, 0.25) is 0 Å². The van der Waals surface area contributed by atoms with Gasteiger partial charge in [-0.1, -0.05) is 12.1 Å². The summed E-state index contributed by atoms with van der Waals surface area (Å²) < 4.78 is 0. The van der Waals surface area contributed by atoms with Crippen molar-refractivity contribution < 1.29 is 9.90 Å². The molecule has 106 valence electrons. The maximum atomic E-state index is 10.9. The van der Waals surface area contributed by atoms with Crippen molar-refractivity contribution in [3.63, 3.8) is 0 Å². The molecule has 21 heavy (non-hydrogen) atoms. The van der Waals surface area contributed by atoms with Crippen molar-refractivity contribution in [2.24, 2.45) is 0 Å². The highest BCUT2D eigenvalue weighted by Crippen LogP contribution is 2.22. The molecule has 0 fully saturated rings. The van der Waals surface area contributed by atoms with Crippen LogP contribution in [0.15, 0.2) is 42.5 Å². The van der Waals surface area contributed by atoms with E-state index < -0.39 is 5.97 Å². The summed E-state index contributed by atoms with van der Waals surface area (Å²) in [6, 6.07) is 14.3. The van der Waals surface area contributed by atoms with Crippen molar-refractivity contribution in [2.45, 2.75) is 6.54 Å². The lowest BCUT2D eigenvalue weighted by Crippen LogP contribution is -2.17. The third-order valence-corrected chi connectivity index (χ3v) is 3.18. The van der Waals surface area contributed by atoms with Crippen LogP contribution in [-0.2, 0) is 6.54 Å². The third-order valence-electron chi connectivity index (χ3n) is 3.18. The number of carbonyl (C=O) groups is 1. The number of nitrogen functional groups attached to an aromatic ring is 1. The number of nitriles is 1. The van der Waals surface area contributed by atoms with Gasteiger partial charge in [0.05, 0.1) is 17.2 Å². The Morgan fingerprint density at radius 3 is 2.71 bits per heavy atom. The van der Waals surface area contributed by atoms with E-state index >= 15 is 0 Å². The highest BCUT2D eigenvalue weighted by molar-refractivity contribution is 5.94. The van der Waals surface area contributed by atoms with E-state index in [1.54, 1.807) is 18.2 Å². The Labute approximate surface area is 122 Å². The van der Waals surface area contributed by atoms with Crippen molar-refractivity contribution in [1.82, 2.24) is 0 Å². The van der Waals surface area contributed by atoms with E-state index in [2.05, 4.69) is 6.07 Å². The Hall–Kier alpha value is -3.00. The second-order valence-corrected chi connectivity index (χ2v) is 4.74. The number of rotatable bonds is 4. The fourth-order valence-corrected chi connectivity index (χ4v) is 2.09. The monoisotopic (exact) mass is 281 g/mol. The summed E-state index contributed by atoms with van der Waals surface area (Å²) in [5, 5.41) is 17.9. The summed E-state index contributed by atoms with van der Waals surface area (Å²) in [7, 11) is 1.88. The minimum Gasteiger partial charge on any atom is -0.478 e. The molecule has 0 bridgehead atoms. The highest BCUT2D eigenvalue weighted by atomic mass is 16.4. The van der Waals surface area contributed by atoms with Crippen LogP contribution >= 0.6 is 0 Å². The molecule has 0 heterocycles. The zero-order valence-electron chi connectivity index (χ0n) is 11.6. The molecule has 0 saturated heterocycles. The second-order valence-electron chi connectivity index (χ2n) is 4.74. The van der Waals surface area contributed by atoms with Gasteiger partial charge in [-0.2, -0.15) is 5.26 Å². The normalized spacial score (nSPS) is 9.90. The first-order valence-corrected chi connectivity index (χ1v) is 6.34. The molecule has 3 N–H and O–H groups in total. The van der Waals surface area contributed by atoms with Gasteiger partial charge in [0.1, 0.15) is 0 Å². The molecule has 2 aromatic carbocycles. The van der Waals surface area contributed by atoms with E-state index in [1.807, 2.05) is 30.1 Å². The number of anilines is 2. The van der Waals surface area contributed by atoms with Gasteiger partial charge in [-0.05, 0) is 35.9 Å². The van der Waals surface area contributed by atoms with E-state index in [9.17, 15) is 4.79 Å². The number of carboxylic acid groups (broad SMARTS) is 1. The number of hydrogen-bond donors (Lipinski definition) is 2. The summed E-state index contributed by atoms with van der Waals surface area (Å²) in [5.74, 6) is -1.04. The van der Waals surface area contributed by atoms with Gasteiger partial charge in [0, 0.05) is 25.0 Å². The van der Waals surface area contributed by atoms with E-state index in [4.69, 9.17) is 16.1 Å². The van der Waals surface area contributed by atoms with E-state index in [0.717, 1.165) is 11.3 Å². The van der Waals surface area contributed by atoms with Gasteiger partial charge in [0.15, 0.2) is 0 Å². The molecule has 0 amide bonds. The fraction of sp³-hybridized carbons (Fsp3) is 0.125. The predicted octanol–water partition coefficient (Wildman–Crippen LogP) is 2.48. The summed E-state index contributed by atoms with van der Waals surface area (Å²) in [5.41, 5.74) is 8.51. The van der Waals surface area contributed by atoms with Crippen molar-refractivity contribution in [3.8, 4) is 6.07 Å². The number of benzene rings is 2. The lowest BCUT2D eigenvalue weighted by molar-refractivity contribution is 0.0698. The molecule has 0 aliphatic heterocycles. The largest absolute Gasteiger partial charge is 0.478 e. The fourth-order valence-electron chi connectivity index (χ4n) is 2.09. The molecule has 0 spiro atoms. The first-order chi connectivity index (χ1) is 10.0. The Balaban J connectivity index is 2.20. The predicted molar refractivity (Wildman–Crippen MR) is 81.1 cm³/mol. The average molecular weight is 281 g/mol. The molecule has 0 aliphatic carbocycles. The molecule has 0 aliphatic rings. The van der Waals surface area contributed by atoms with Crippen LogP contribution in [0.4, 0.5) is 11.4 Å². The third kappa shape index (κ3) is 3.31. The molecular weight excluding hydrogens is 266 g/mol. The molecule has 5 heteroatoms. The lowest BCUT2D eigenvalue weighted by atomic mass is 10.1. The van der Waals surface area contributed by atoms with Crippen molar-refractivity contribution in [1.29, 1.82) is 5.26 Å². The first-order valence-electron chi connectivity index (χ1n) is 6.34. The van der Waals surface area contributed by atoms with Crippen LogP contribution in [0, 0.1) is 11.3 Å². The van der Waals surface area contributed by atoms with Crippen LogP contribution in [0.25, 0.3) is 0 Å². The average Bonchev–Trinajstić information content (AvgIpc) is 2.46. The van der Waals surface area contributed by atoms with Gasteiger partial charge in [-0.25, -0.2) is 4.79 Å². The zero-order chi connectivity index (χ0) is 15.4. The van der Waals surface area contributed by atoms with E-state index in [1.165, 1.54) is 6.07 Å². The molecule has 0 saturated carbocycles. The van der Waals surface area contributed by atoms with Gasteiger partial charge in [-0.15, -0.1) is 0 Å². The second kappa shape index (κ2) is 5.97. The number of aromatic carboxylic acids is 1. The molecule has 0 radical (unpaired) electrons. The standard InChI is InChI=1S/C16H15N3O2/c1-19(10-12-4-2-3-11(7-12)9-17)13-5-6-14(16(20)21)15(18)8-13/h2-8H,10,18H2,1H3,(H,20,21). The Bertz CT molecular complexity index is 720. The van der Waals surface area contributed by atoms with Gasteiger partial charge in [0.25, 0.3) is 0 Å². The minimum absolute atomic E-state index is 0.0960. The zero-order valence-corrected chi connectivity index (χ0v) is 11.6. The number of nitrogens with zero attached hydrogens (tertiary/aromatic N) is 2. The Morgan fingerprint density at radius 2 is 2.10 bits per heavy atom. The topological polar surface area (TPSA) is 90.3 Å². The lowest BCUT2D eigenvalue weighted by Gasteiger charge is -2.20. The smallest absolute Gasteiger partial charge is 0.337 e. The summed E-state index contributed by atoms with van der Waals surface area (Å²) in [6.07, 6.45) is 0. The van der Waals surface area contributed by atoms with E-state index in [0.29, 0.717) is 12.1 Å². The SMILES string of the molecule is CN(Cc1cccc(C#N)c1)c1ccc(C(=O)O)c(N)c1. The molecular formula is C16H15N3O2. The molecule has 0 aromatic heterocycles. The number of carboxylic acids is 1. The van der Waals surface area contributed by atoms with Gasteiger partial charge >= 0.3 is 5.97 Å². The van der Waals surface area contributed by atoms with Crippen LogP contribution in [0.3, 0.4) is 0 Å². The molecule has 2 rings (SSSR count). The maximum absolute atomic E-state index is 10.9. The Morgan fingerprint density at radius 1 is 1.33 bits per heavy atom. The molecule has 0 unspecified atom stereocenters. The van der Waals surface area contributed by atoms with Gasteiger partial charge < -0.3 is 15.7 Å². The van der Waals surface area contributed by atoms with Crippen molar-refractivity contribution >= 4 is 17.3 Å². The molecule has 0 atom stereocenters. The maximum Gasteiger partial charge on any atom is 0.337 e. The number of hydrogen-bond acceptors (Lipinski definition) is 4. The Kier molecular flexibility index (Phi) is 4.10. The van der Waals surface area contributed by atoms with Crippen LogP contribution < -0.4 is 10.6 Å². The van der Waals surface area contributed by atoms with Crippen LogP contribution in [0.5, 0.6) is 0 Å². The first kappa shape index (κ1) is 14.4. The van der Waals surface area contributed by atoms with E-state index in [-0.39, 0.29) is 11.3 Å². The quantitative estimate of drug-likeness (QED) is 0.840. The molecule has 5 nitrogen and oxygen atoms in total. The van der Waals surface area contributed by atoms with Gasteiger partial charge in [-0.3, -0.25) is 0 Å². The van der Waals surface area contributed by atoms with Crippen LogP contribution in [-0.4, -0.2) is 18.1 Å². The summed E-state index contributed by atoms with van der Waals surface area (Å²) >= 11 is 0. The van der Waals surface area contributed by atoms with Crippen molar-refractivity contribution in [3.05, 3.63) is 59.2 Å². The minimum atomic E-state index is -1.04. The van der Waals surface area contributed by atoms with Crippen molar-refractivity contribution in [2.75, 3.05) is 17.7 Å². The summed E-state index contributed by atoms with van der Waals surface area (Å²) in [6.45, 7) is 0.599. The summed E-state index contributed by atoms with van der Waals surface area (Å²) in [4.78, 5) is 12.9. The van der Waals surface area contributed by atoms with Crippen LogP contribution in [0.1, 0.15) is 21.5 Å². The number of nitrogens with two attached hydrogens (primary N) is 1. The molecule has 2 aromatic rings.